The molecule has 8 heteroatoms. The van der Waals surface area contributed by atoms with Crippen LogP contribution in [0.5, 0.6) is 0 Å². The molecule has 2 aliphatic rings. The molecule has 0 bridgehead atoms. The first kappa shape index (κ1) is 19.1. The van der Waals surface area contributed by atoms with Crippen molar-refractivity contribution in [2.45, 2.75) is 57.8 Å². The average molecular weight is 387 g/mol. The molecule has 152 valence electrons. The Morgan fingerprint density at radius 2 is 2.14 bits per heavy atom. The molecular formula is C20H29N5O3. The molecule has 2 aromatic heterocycles. The average Bonchev–Trinajstić information content (AvgIpc) is 3.34. The maximum Gasteiger partial charge on any atom is 0.274 e. The van der Waals surface area contributed by atoms with Crippen LogP contribution in [0.3, 0.4) is 0 Å². The van der Waals surface area contributed by atoms with E-state index in [9.17, 15) is 4.79 Å². The van der Waals surface area contributed by atoms with Gasteiger partial charge in [-0.15, -0.1) is 0 Å². The van der Waals surface area contributed by atoms with E-state index in [0.717, 1.165) is 43.6 Å². The molecule has 4 rings (SSSR count). The maximum absolute atomic E-state index is 13.3. The van der Waals surface area contributed by atoms with E-state index < -0.39 is 0 Å². The van der Waals surface area contributed by atoms with Gasteiger partial charge in [0.1, 0.15) is 0 Å². The van der Waals surface area contributed by atoms with Crippen LogP contribution in [-0.2, 0) is 22.4 Å². The number of hydrogen-bond donors (Lipinski definition) is 1. The second-order valence-corrected chi connectivity index (χ2v) is 7.82. The Balaban J connectivity index is 1.54. The van der Waals surface area contributed by atoms with Gasteiger partial charge in [-0.2, -0.15) is 10.2 Å². The number of H-pyrrole nitrogens is 1. The number of nitrogens with zero attached hydrogens (tertiary/aromatic N) is 4. The molecule has 4 heterocycles. The van der Waals surface area contributed by atoms with E-state index in [4.69, 9.17) is 14.6 Å². The van der Waals surface area contributed by atoms with Gasteiger partial charge in [-0.3, -0.25) is 14.6 Å². The summed E-state index contributed by atoms with van der Waals surface area (Å²) in [6, 6.07) is 0. The number of aromatic nitrogens is 4. The van der Waals surface area contributed by atoms with Gasteiger partial charge in [-0.1, -0.05) is 0 Å². The second kappa shape index (κ2) is 8.05. The Kier molecular flexibility index (Phi) is 5.50. The number of piperidine rings is 1. The van der Waals surface area contributed by atoms with Gasteiger partial charge in [-0.25, -0.2) is 0 Å². The van der Waals surface area contributed by atoms with Gasteiger partial charge >= 0.3 is 0 Å². The van der Waals surface area contributed by atoms with E-state index in [2.05, 4.69) is 17.1 Å². The summed E-state index contributed by atoms with van der Waals surface area (Å²) in [4.78, 5) is 15.3. The van der Waals surface area contributed by atoms with Crippen molar-refractivity contribution in [1.29, 1.82) is 0 Å². The SMILES string of the molecule is COCCn1nc(C(=O)N2CCC(c3cn[nH]c3)CC2)c2c1[C@H](C)O[C@H](C)C2. The zero-order chi connectivity index (χ0) is 19.7. The molecule has 0 saturated carbocycles. The Bertz CT molecular complexity index is 808. The summed E-state index contributed by atoms with van der Waals surface area (Å²) in [7, 11) is 1.67. The second-order valence-electron chi connectivity index (χ2n) is 7.82. The highest BCUT2D eigenvalue weighted by Gasteiger charge is 2.34. The molecule has 1 fully saturated rings. The van der Waals surface area contributed by atoms with Crippen molar-refractivity contribution in [2.75, 3.05) is 26.8 Å². The van der Waals surface area contributed by atoms with Crippen molar-refractivity contribution in [3.05, 3.63) is 34.9 Å². The highest BCUT2D eigenvalue weighted by Crippen LogP contribution is 2.34. The predicted octanol–water partition coefficient (Wildman–Crippen LogP) is 2.29. The molecule has 0 spiro atoms. The van der Waals surface area contributed by atoms with E-state index in [1.165, 1.54) is 5.56 Å². The number of hydrogen-bond acceptors (Lipinski definition) is 5. The van der Waals surface area contributed by atoms with Gasteiger partial charge in [0.25, 0.3) is 5.91 Å². The summed E-state index contributed by atoms with van der Waals surface area (Å²) in [5.41, 5.74) is 3.89. The Hall–Kier alpha value is -2.19. The largest absolute Gasteiger partial charge is 0.383 e. The number of fused-ring (bicyclic) bond motifs is 1. The minimum absolute atomic E-state index is 0.0411. The first-order valence-corrected chi connectivity index (χ1v) is 10.1. The number of ether oxygens (including phenoxy) is 2. The van der Waals surface area contributed by atoms with Gasteiger partial charge in [-0.05, 0) is 38.2 Å². The minimum atomic E-state index is -0.0727. The van der Waals surface area contributed by atoms with Crippen molar-refractivity contribution in [2.24, 2.45) is 0 Å². The molecule has 0 radical (unpaired) electrons. The highest BCUT2D eigenvalue weighted by atomic mass is 16.5. The molecule has 28 heavy (non-hydrogen) atoms. The zero-order valence-electron chi connectivity index (χ0n) is 16.9. The standard InChI is InChI=1S/C20H29N5O3/c1-13-10-17-18(23-25(8-9-27-3)19(17)14(2)28-13)20(26)24-6-4-15(5-7-24)16-11-21-22-12-16/h11-15H,4-10H2,1-3H3,(H,21,22)/t13-,14+/m1/s1. The van der Waals surface area contributed by atoms with Crippen LogP contribution < -0.4 is 0 Å². The number of likely N-dealkylation sites (tertiary alicyclic amines) is 1. The topological polar surface area (TPSA) is 85.3 Å². The van der Waals surface area contributed by atoms with Crippen LogP contribution in [0, 0.1) is 0 Å². The fraction of sp³-hybridized carbons (Fsp3) is 0.650. The van der Waals surface area contributed by atoms with Crippen LogP contribution in [0.1, 0.15) is 66.0 Å². The third kappa shape index (κ3) is 3.58. The number of carbonyl (C=O) groups excluding carboxylic acids is 1. The molecule has 2 atom stereocenters. The first-order valence-electron chi connectivity index (χ1n) is 10.1. The fourth-order valence-electron chi connectivity index (χ4n) is 4.49. The van der Waals surface area contributed by atoms with Crippen LogP contribution >= 0.6 is 0 Å². The smallest absolute Gasteiger partial charge is 0.274 e. The van der Waals surface area contributed by atoms with E-state index in [-0.39, 0.29) is 18.1 Å². The molecule has 0 aliphatic carbocycles. The maximum atomic E-state index is 13.3. The lowest BCUT2D eigenvalue weighted by molar-refractivity contribution is -0.0102. The molecule has 0 unspecified atom stereocenters. The lowest BCUT2D eigenvalue weighted by atomic mass is 9.91. The van der Waals surface area contributed by atoms with Crippen molar-refractivity contribution >= 4 is 5.91 Å². The lowest BCUT2D eigenvalue weighted by Gasteiger charge is -2.32. The lowest BCUT2D eigenvalue weighted by Crippen LogP contribution is -2.38. The first-order chi connectivity index (χ1) is 13.6. The van der Waals surface area contributed by atoms with Crippen LogP contribution in [0.4, 0.5) is 0 Å². The van der Waals surface area contributed by atoms with Crippen LogP contribution in [0.15, 0.2) is 12.4 Å². The molecule has 2 aliphatic heterocycles. The van der Waals surface area contributed by atoms with E-state index in [1.807, 2.05) is 28.9 Å². The fourth-order valence-corrected chi connectivity index (χ4v) is 4.49. The van der Waals surface area contributed by atoms with E-state index in [1.54, 1.807) is 7.11 Å². The van der Waals surface area contributed by atoms with Gasteiger partial charge in [0.05, 0.1) is 37.3 Å². The van der Waals surface area contributed by atoms with Crippen molar-refractivity contribution < 1.29 is 14.3 Å². The summed E-state index contributed by atoms with van der Waals surface area (Å²) < 4.78 is 13.1. The normalized spacial score (nSPS) is 23.0. The Morgan fingerprint density at radius 1 is 1.36 bits per heavy atom. The van der Waals surface area contributed by atoms with E-state index >= 15 is 0 Å². The van der Waals surface area contributed by atoms with Crippen molar-refractivity contribution in [1.82, 2.24) is 24.9 Å². The van der Waals surface area contributed by atoms with Gasteiger partial charge in [0.2, 0.25) is 0 Å². The number of aromatic amines is 1. The number of carbonyl (C=O) groups is 1. The van der Waals surface area contributed by atoms with Gasteiger partial charge in [0.15, 0.2) is 5.69 Å². The number of methoxy groups -OCH3 is 1. The summed E-state index contributed by atoms with van der Waals surface area (Å²) in [5, 5.41) is 11.6. The monoisotopic (exact) mass is 387 g/mol. The summed E-state index contributed by atoms with van der Waals surface area (Å²) >= 11 is 0. The highest BCUT2D eigenvalue weighted by molar-refractivity contribution is 5.94. The molecule has 1 amide bonds. The molecule has 2 aromatic rings. The van der Waals surface area contributed by atoms with E-state index in [0.29, 0.717) is 24.8 Å². The van der Waals surface area contributed by atoms with Gasteiger partial charge < -0.3 is 14.4 Å². The molecular weight excluding hydrogens is 358 g/mol. The summed E-state index contributed by atoms with van der Waals surface area (Å²) in [6.45, 7) is 6.75. The number of rotatable bonds is 5. The zero-order valence-corrected chi connectivity index (χ0v) is 16.9. The van der Waals surface area contributed by atoms with Crippen LogP contribution in [0.25, 0.3) is 0 Å². The third-order valence-corrected chi connectivity index (χ3v) is 5.89. The number of amides is 1. The molecule has 1 saturated heterocycles. The third-order valence-electron chi connectivity index (χ3n) is 5.89. The summed E-state index contributed by atoms with van der Waals surface area (Å²) in [5.74, 6) is 0.504. The molecule has 1 N–H and O–H groups in total. The van der Waals surface area contributed by atoms with Crippen molar-refractivity contribution in [3.8, 4) is 0 Å². The summed E-state index contributed by atoms with van der Waals surface area (Å²) in [6.07, 6.45) is 6.48. The Labute approximate surface area is 165 Å². The minimum Gasteiger partial charge on any atom is -0.383 e. The number of nitrogens with one attached hydrogen (secondary N) is 1. The molecule has 0 aromatic carbocycles. The van der Waals surface area contributed by atoms with Crippen molar-refractivity contribution in [3.63, 3.8) is 0 Å². The quantitative estimate of drug-likeness (QED) is 0.851. The molecule has 8 nitrogen and oxygen atoms in total. The Morgan fingerprint density at radius 3 is 2.82 bits per heavy atom. The van der Waals surface area contributed by atoms with Crippen LogP contribution in [0.2, 0.25) is 0 Å². The predicted molar refractivity (Wildman–Crippen MR) is 103 cm³/mol. The van der Waals surface area contributed by atoms with Gasteiger partial charge in [0, 0.05) is 38.4 Å². The van der Waals surface area contributed by atoms with Crippen LogP contribution in [-0.4, -0.2) is 63.7 Å².